The SMILES string of the molecule is COc1ccc(NC(=O)c2ccc(Cl)c(Cl)c2)c(OCc2nn[nH]n2)c1. The predicted octanol–water partition coefficient (Wildman–Crippen LogP) is 3.35. The molecular weight excluding hydrogens is 381 g/mol. The number of anilines is 1. The Morgan fingerprint density at radius 1 is 1.19 bits per heavy atom. The molecule has 1 heterocycles. The average molecular weight is 394 g/mol. The Kier molecular flexibility index (Phi) is 5.55. The van der Waals surface area contributed by atoms with E-state index < -0.39 is 0 Å². The number of ether oxygens (including phenoxy) is 2. The summed E-state index contributed by atoms with van der Waals surface area (Å²) < 4.78 is 10.9. The number of halogens is 2. The van der Waals surface area contributed by atoms with Crippen molar-refractivity contribution in [1.82, 2.24) is 20.6 Å². The number of carbonyl (C=O) groups excluding carboxylic acids is 1. The van der Waals surface area contributed by atoms with E-state index in [1.165, 1.54) is 13.2 Å². The van der Waals surface area contributed by atoms with Crippen LogP contribution in [0.3, 0.4) is 0 Å². The molecule has 0 fully saturated rings. The first-order chi connectivity index (χ1) is 12.6. The number of carbonyl (C=O) groups is 1. The lowest BCUT2D eigenvalue weighted by atomic mass is 10.2. The van der Waals surface area contributed by atoms with E-state index in [4.69, 9.17) is 32.7 Å². The second-order valence-corrected chi connectivity index (χ2v) is 5.88. The quantitative estimate of drug-likeness (QED) is 0.665. The zero-order chi connectivity index (χ0) is 18.5. The first-order valence-electron chi connectivity index (χ1n) is 7.36. The zero-order valence-corrected chi connectivity index (χ0v) is 15.0. The number of aromatic nitrogens is 4. The highest BCUT2D eigenvalue weighted by molar-refractivity contribution is 6.42. The van der Waals surface area contributed by atoms with Crippen molar-refractivity contribution < 1.29 is 14.3 Å². The highest BCUT2D eigenvalue weighted by Gasteiger charge is 2.13. The lowest BCUT2D eigenvalue weighted by molar-refractivity contribution is 0.102. The van der Waals surface area contributed by atoms with Crippen molar-refractivity contribution in [3.05, 3.63) is 57.8 Å². The maximum absolute atomic E-state index is 12.5. The van der Waals surface area contributed by atoms with Gasteiger partial charge in [0.25, 0.3) is 5.91 Å². The molecule has 0 spiro atoms. The fourth-order valence-corrected chi connectivity index (χ4v) is 2.37. The second-order valence-electron chi connectivity index (χ2n) is 5.06. The van der Waals surface area contributed by atoms with Crippen LogP contribution in [0.25, 0.3) is 0 Å². The Labute approximate surface area is 158 Å². The van der Waals surface area contributed by atoms with Crippen LogP contribution in [-0.2, 0) is 6.61 Å². The van der Waals surface area contributed by atoms with Gasteiger partial charge in [0.2, 0.25) is 5.82 Å². The molecule has 3 rings (SSSR count). The lowest BCUT2D eigenvalue weighted by Gasteiger charge is -2.13. The van der Waals surface area contributed by atoms with Crippen molar-refractivity contribution in [2.75, 3.05) is 12.4 Å². The van der Waals surface area contributed by atoms with Gasteiger partial charge in [-0.15, -0.1) is 10.2 Å². The zero-order valence-electron chi connectivity index (χ0n) is 13.5. The molecule has 3 aromatic rings. The van der Waals surface area contributed by atoms with E-state index in [9.17, 15) is 4.79 Å². The van der Waals surface area contributed by atoms with Gasteiger partial charge >= 0.3 is 0 Å². The number of rotatable bonds is 6. The van der Waals surface area contributed by atoms with Gasteiger partial charge < -0.3 is 14.8 Å². The summed E-state index contributed by atoms with van der Waals surface area (Å²) in [5.41, 5.74) is 0.810. The number of tetrazole rings is 1. The van der Waals surface area contributed by atoms with Gasteiger partial charge in [-0.2, -0.15) is 5.21 Å². The minimum absolute atomic E-state index is 0.0688. The number of amides is 1. The maximum Gasteiger partial charge on any atom is 0.255 e. The minimum atomic E-state index is -0.363. The van der Waals surface area contributed by atoms with Gasteiger partial charge in [-0.3, -0.25) is 4.79 Å². The Balaban J connectivity index is 1.81. The second kappa shape index (κ2) is 8.03. The summed E-state index contributed by atoms with van der Waals surface area (Å²) in [5, 5.41) is 16.9. The van der Waals surface area contributed by atoms with Crippen LogP contribution in [0.4, 0.5) is 5.69 Å². The monoisotopic (exact) mass is 393 g/mol. The van der Waals surface area contributed by atoms with Crippen LogP contribution in [0.1, 0.15) is 16.2 Å². The van der Waals surface area contributed by atoms with Crippen LogP contribution in [-0.4, -0.2) is 33.6 Å². The van der Waals surface area contributed by atoms with Crippen molar-refractivity contribution in [1.29, 1.82) is 0 Å². The summed E-state index contributed by atoms with van der Waals surface area (Å²) in [4.78, 5) is 12.5. The summed E-state index contributed by atoms with van der Waals surface area (Å²) >= 11 is 11.8. The van der Waals surface area contributed by atoms with Crippen LogP contribution in [0.2, 0.25) is 10.0 Å². The number of hydrogen-bond acceptors (Lipinski definition) is 6. The van der Waals surface area contributed by atoms with Crippen LogP contribution in [0, 0.1) is 0 Å². The molecule has 134 valence electrons. The molecule has 10 heteroatoms. The number of nitrogens with one attached hydrogen (secondary N) is 2. The predicted molar refractivity (Wildman–Crippen MR) is 95.9 cm³/mol. The molecule has 0 bridgehead atoms. The average Bonchev–Trinajstić information content (AvgIpc) is 3.16. The molecule has 2 aromatic carbocycles. The van der Waals surface area contributed by atoms with E-state index in [0.29, 0.717) is 38.6 Å². The van der Waals surface area contributed by atoms with Crippen LogP contribution in [0.5, 0.6) is 11.5 Å². The molecule has 0 aliphatic carbocycles. The Morgan fingerprint density at radius 3 is 2.73 bits per heavy atom. The van der Waals surface area contributed by atoms with E-state index in [0.717, 1.165) is 0 Å². The molecule has 26 heavy (non-hydrogen) atoms. The van der Waals surface area contributed by atoms with E-state index >= 15 is 0 Å². The topological polar surface area (TPSA) is 102 Å². The number of aromatic amines is 1. The lowest BCUT2D eigenvalue weighted by Crippen LogP contribution is -2.13. The van der Waals surface area contributed by atoms with Gasteiger partial charge in [-0.25, -0.2) is 0 Å². The molecule has 1 amide bonds. The molecule has 0 unspecified atom stereocenters. The molecule has 0 saturated heterocycles. The van der Waals surface area contributed by atoms with Gasteiger partial charge in [0.05, 0.1) is 22.8 Å². The van der Waals surface area contributed by atoms with Crippen molar-refractivity contribution in [3.8, 4) is 11.5 Å². The van der Waals surface area contributed by atoms with E-state index in [-0.39, 0.29) is 12.5 Å². The number of benzene rings is 2. The largest absolute Gasteiger partial charge is 0.497 e. The molecule has 0 radical (unpaired) electrons. The molecule has 0 aliphatic heterocycles. The van der Waals surface area contributed by atoms with Crippen molar-refractivity contribution in [2.45, 2.75) is 6.61 Å². The molecule has 1 aromatic heterocycles. The van der Waals surface area contributed by atoms with Gasteiger partial charge in [0.15, 0.2) is 6.61 Å². The standard InChI is InChI=1S/C16H13Cl2N5O3/c1-25-10-3-5-13(14(7-10)26-8-15-20-22-23-21-15)19-16(24)9-2-4-11(17)12(18)6-9/h2-7H,8H2,1H3,(H,19,24)(H,20,21,22,23). The van der Waals surface area contributed by atoms with E-state index in [2.05, 4.69) is 25.9 Å². The third kappa shape index (κ3) is 4.22. The Bertz CT molecular complexity index is 918. The molecular formula is C16H13Cl2N5O3. The van der Waals surface area contributed by atoms with E-state index in [1.807, 2.05) is 0 Å². The van der Waals surface area contributed by atoms with E-state index in [1.54, 1.807) is 30.3 Å². The highest BCUT2D eigenvalue weighted by Crippen LogP contribution is 2.31. The van der Waals surface area contributed by atoms with Crippen LogP contribution in [0.15, 0.2) is 36.4 Å². The highest BCUT2D eigenvalue weighted by atomic mass is 35.5. The van der Waals surface area contributed by atoms with Crippen molar-refractivity contribution in [2.24, 2.45) is 0 Å². The normalized spacial score (nSPS) is 10.4. The fourth-order valence-electron chi connectivity index (χ4n) is 2.07. The smallest absolute Gasteiger partial charge is 0.255 e. The summed E-state index contributed by atoms with van der Waals surface area (Å²) in [6, 6.07) is 9.63. The number of H-pyrrole nitrogens is 1. The minimum Gasteiger partial charge on any atom is -0.497 e. The maximum atomic E-state index is 12.5. The molecule has 8 nitrogen and oxygen atoms in total. The molecule has 0 saturated carbocycles. The number of hydrogen-bond donors (Lipinski definition) is 2. The van der Waals surface area contributed by atoms with Crippen LogP contribution < -0.4 is 14.8 Å². The first kappa shape index (κ1) is 18.0. The number of methoxy groups -OCH3 is 1. The van der Waals surface area contributed by atoms with Crippen molar-refractivity contribution >= 4 is 34.8 Å². The molecule has 0 atom stereocenters. The van der Waals surface area contributed by atoms with Gasteiger partial charge in [-0.05, 0) is 30.3 Å². The number of nitrogens with zero attached hydrogens (tertiary/aromatic N) is 3. The third-order valence-corrected chi connectivity index (χ3v) is 4.10. The summed E-state index contributed by atoms with van der Waals surface area (Å²) in [6.45, 7) is 0.0688. The van der Waals surface area contributed by atoms with Crippen LogP contribution >= 0.6 is 23.2 Å². The van der Waals surface area contributed by atoms with Gasteiger partial charge in [-0.1, -0.05) is 28.4 Å². The first-order valence-corrected chi connectivity index (χ1v) is 8.12. The molecule has 2 N–H and O–H groups in total. The Hall–Kier alpha value is -2.84. The molecule has 0 aliphatic rings. The van der Waals surface area contributed by atoms with Gasteiger partial charge in [0, 0.05) is 11.6 Å². The Morgan fingerprint density at radius 2 is 2.04 bits per heavy atom. The third-order valence-electron chi connectivity index (χ3n) is 3.36. The summed E-state index contributed by atoms with van der Waals surface area (Å²) in [6.07, 6.45) is 0. The van der Waals surface area contributed by atoms with Gasteiger partial charge in [0.1, 0.15) is 11.5 Å². The van der Waals surface area contributed by atoms with Crippen molar-refractivity contribution in [3.63, 3.8) is 0 Å². The fraction of sp³-hybridized carbons (Fsp3) is 0.125. The summed E-state index contributed by atoms with van der Waals surface area (Å²) in [7, 11) is 1.53. The summed E-state index contributed by atoms with van der Waals surface area (Å²) in [5.74, 6) is 0.968.